The zero-order valence-electron chi connectivity index (χ0n) is 18.3. The number of amides is 1. The molecule has 0 spiro atoms. The van der Waals surface area contributed by atoms with Crippen LogP contribution in [0.1, 0.15) is 33.7 Å². The van der Waals surface area contributed by atoms with Crippen molar-refractivity contribution in [3.63, 3.8) is 0 Å². The monoisotopic (exact) mass is 491 g/mol. The molecular formula is C26H26BrN3O2. The largest absolute Gasteiger partial charge is 0.494 e. The first kappa shape index (κ1) is 22.1. The van der Waals surface area contributed by atoms with E-state index < -0.39 is 0 Å². The van der Waals surface area contributed by atoms with Crippen LogP contribution in [0.5, 0.6) is 5.75 Å². The molecule has 3 aromatic carbocycles. The van der Waals surface area contributed by atoms with E-state index in [1.165, 1.54) is 11.1 Å². The standard InChI is InChI=1S/C26H26BrN3O2/c1-18-11-12-22(15-19(18)2)32-14-6-13-30-24-10-4-3-9-23(24)29-25(30)17-28-26(31)20-7-5-8-21(27)16-20/h3-5,7-12,15-16H,6,13-14,17H2,1-2H3,(H,28,31). The zero-order valence-corrected chi connectivity index (χ0v) is 19.9. The SMILES string of the molecule is Cc1ccc(OCCCn2c(CNC(=O)c3cccc(Br)c3)nc3ccccc32)cc1C. The lowest BCUT2D eigenvalue weighted by Gasteiger charge is -2.12. The number of imidazole rings is 1. The number of carbonyl (C=O) groups excluding carboxylic acids is 1. The lowest BCUT2D eigenvalue weighted by atomic mass is 10.1. The number of benzene rings is 3. The Hall–Kier alpha value is -3.12. The van der Waals surface area contributed by atoms with Crippen LogP contribution in [0.15, 0.2) is 71.2 Å². The highest BCUT2D eigenvalue weighted by molar-refractivity contribution is 9.10. The van der Waals surface area contributed by atoms with Crippen molar-refractivity contribution in [2.75, 3.05) is 6.61 Å². The van der Waals surface area contributed by atoms with Gasteiger partial charge in [-0.1, -0.05) is 40.2 Å². The highest BCUT2D eigenvalue weighted by Crippen LogP contribution is 2.19. The second kappa shape index (κ2) is 10.0. The molecule has 4 aromatic rings. The first-order valence-corrected chi connectivity index (χ1v) is 11.5. The smallest absolute Gasteiger partial charge is 0.251 e. The van der Waals surface area contributed by atoms with Gasteiger partial charge in [-0.15, -0.1) is 0 Å². The molecule has 164 valence electrons. The number of rotatable bonds is 8. The molecule has 1 amide bonds. The molecule has 0 saturated heterocycles. The highest BCUT2D eigenvalue weighted by atomic mass is 79.9. The van der Waals surface area contributed by atoms with Crippen LogP contribution in [-0.2, 0) is 13.1 Å². The van der Waals surface area contributed by atoms with Crippen LogP contribution >= 0.6 is 15.9 Å². The minimum Gasteiger partial charge on any atom is -0.494 e. The van der Waals surface area contributed by atoms with Crippen molar-refractivity contribution in [3.8, 4) is 5.75 Å². The second-order valence-electron chi connectivity index (χ2n) is 7.81. The molecule has 5 nitrogen and oxygen atoms in total. The van der Waals surface area contributed by atoms with Gasteiger partial charge in [0, 0.05) is 16.6 Å². The predicted molar refractivity (Wildman–Crippen MR) is 131 cm³/mol. The normalized spacial score (nSPS) is 11.0. The molecule has 0 aliphatic heterocycles. The van der Waals surface area contributed by atoms with Gasteiger partial charge in [0.15, 0.2) is 0 Å². The molecule has 0 aliphatic carbocycles. The first-order valence-electron chi connectivity index (χ1n) is 10.7. The van der Waals surface area contributed by atoms with Crippen molar-refractivity contribution in [2.24, 2.45) is 0 Å². The van der Waals surface area contributed by atoms with Crippen molar-refractivity contribution < 1.29 is 9.53 Å². The first-order chi connectivity index (χ1) is 15.5. The van der Waals surface area contributed by atoms with E-state index in [9.17, 15) is 4.79 Å². The molecule has 1 N–H and O–H groups in total. The summed E-state index contributed by atoms with van der Waals surface area (Å²) in [5.74, 6) is 1.61. The molecule has 1 heterocycles. The van der Waals surface area contributed by atoms with Crippen LogP contribution in [0.2, 0.25) is 0 Å². The number of nitrogens with one attached hydrogen (secondary N) is 1. The summed E-state index contributed by atoms with van der Waals surface area (Å²) in [4.78, 5) is 17.3. The molecule has 0 fully saturated rings. The van der Waals surface area contributed by atoms with Gasteiger partial charge in [-0.05, 0) is 73.9 Å². The number of aryl methyl sites for hydroxylation is 3. The van der Waals surface area contributed by atoms with Crippen LogP contribution in [0.25, 0.3) is 11.0 Å². The van der Waals surface area contributed by atoms with Crippen molar-refractivity contribution in [1.29, 1.82) is 0 Å². The Morgan fingerprint density at radius 1 is 1.03 bits per heavy atom. The van der Waals surface area contributed by atoms with Gasteiger partial charge in [0.1, 0.15) is 11.6 Å². The Balaban J connectivity index is 1.43. The molecule has 0 atom stereocenters. The fraction of sp³-hybridized carbons (Fsp3) is 0.231. The van der Waals surface area contributed by atoms with E-state index in [0.29, 0.717) is 18.7 Å². The lowest BCUT2D eigenvalue weighted by molar-refractivity contribution is 0.0949. The average Bonchev–Trinajstić information content (AvgIpc) is 3.15. The molecule has 6 heteroatoms. The highest BCUT2D eigenvalue weighted by Gasteiger charge is 2.12. The van der Waals surface area contributed by atoms with Gasteiger partial charge in [-0.2, -0.15) is 0 Å². The summed E-state index contributed by atoms with van der Waals surface area (Å²) >= 11 is 3.41. The maximum Gasteiger partial charge on any atom is 0.251 e. The zero-order chi connectivity index (χ0) is 22.5. The van der Waals surface area contributed by atoms with Gasteiger partial charge in [-0.3, -0.25) is 4.79 Å². The molecule has 0 aliphatic rings. The van der Waals surface area contributed by atoms with E-state index in [1.54, 1.807) is 6.07 Å². The van der Waals surface area contributed by atoms with E-state index in [1.807, 2.05) is 42.5 Å². The fourth-order valence-corrected chi connectivity index (χ4v) is 4.02. The number of para-hydroxylation sites is 2. The van der Waals surface area contributed by atoms with Crippen molar-refractivity contribution in [3.05, 3.63) is 93.7 Å². The number of nitrogens with zero attached hydrogens (tertiary/aromatic N) is 2. The number of aromatic nitrogens is 2. The Morgan fingerprint density at radius 3 is 2.69 bits per heavy atom. The number of ether oxygens (including phenoxy) is 1. The number of carbonyl (C=O) groups is 1. The Labute approximate surface area is 196 Å². The van der Waals surface area contributed by atoms with Crippen molar-refractivity contribution >= 4 is 32.9 Å². The number of hydrogen-bond acceptors (Lipinski definition) is 3. The summed E-state index contributed by atoms with van der Waals surface area (Å²) in [6.45, 7) is 5.92. The van der Waals surface area contributed by atoms with Crippen LogP contribution in [0.4, 0.5) is 0 Å². The van der Waals surface area contributed by atoms with Gasteiger partial charge in [0.2, 0.25) is 0 Å². The maximum absolute atomic E-state index is 12.6. The van der Waals surface area contributed by atoms with E-state index in [0.717, 1.165) is 40.0 Å². The third kappa shape index (κ3) is 5.19. The number of fused-ring (bicyclic) bond motifs is 1. The molecule has 1 aromatic heterocycles. The van der Waals surface area contributed by atoms with Crippen molar-refractivity contribution in [1.82, 2.24) is 14.9 Å². The van der Waals surface area contributed by atoms with Gasteiger partial charge >= 0.3 is 0 Å². The third-order valence-corrected chi connectivity index (χ3v) is 5.99. The number of halogens is 1. The van der Waals surface area contributed by atoms with Gasteiger partial charge < -0.3 is 14.6 Å². The molecule has 4 rings (SSSR count). The Kier molecular flexibility index (Phi) is 6.90. The van der Waals surface area contributed by atoms with E-state index in [-0.39, 0.29) is 5.91 Å². The average molecular weight is 492 g/mol. The molecule has 0 bridgehead atoms. The Morgan fingerprint density at radius 2 is 1.88 bits per heavy atom. The number of hydrogen-bond donors (Lipinski definition) is 1. The summed E-state index contributed by atoms with van der Waals surface area (Å²) in [6.07, 6.45) is 0.833. The van der Waals surface area contributed by atoms with Crippen LogP contribution in [0, 0.1) is 13.8 Å². The summed E-state index contributed by atoms with van der Waals surface area (Å²) in [6, 6.07) is 21.6. The predicted octanol–water partition coefficient (Wildman–Crippen LogP) is 5.81. The summed E-state index contributed by atoms with van der Waals surface area (Å²) in [5, 5.41) is 3.00. The van der Waals surface area contributed by atoms with E-state index in [2.05, 4.69) is 57.9 Å². The maximum atomic E-state index is 12.6. The molecule has 0 unspecified atom stereocenters. The topological polar surface area (TPSA) is 56.1 Å². The quantitative estimate of drug-likeness (QED) is 0.316. The molecule has 0 radical (unpaired) electrons. The lowest BCUT2D eigenvalue weighted by Crippen LogP contribution is -2.25. The second-order valence-corrected chi connectivity index (χ2v) is 8.73. The van der Waals surface area contributed by atoms with E-state index in [4.69, 9.17) is 9.72 Å². The third-order valence-electron chi connectivity index (χ3n) is 5.50. The van der Waals surface area contributed by atoms with Gasteiger partial charge in [-0.25, -0.2) is 4.98 Å². The van der Waals surface area contributed by atoms with E-state index >= 15 is 0 Å². The summed E-state index contributed by atoms with van der Waals surface area (Å²) < 4.78 is 8.99. The summed E-state index contributed by atoms with van der Waals surface area (Å²) in [5.41, 5.74) is 5.09. The minimum atomic E-state index is -0.122. The van der Waals surface area contributed by atoms with Crippen LogP contribution < -0.4 is 10.1 Å². The van der Waals surface area contributed by atoms with Gasteiger partial charge in [0.05, 0.1) is 24.2 Å². The van der Waals surface area contributed by atoms with Gasteiger partial charge in [0.25, 0.3) is 5.91 Å². The summed E-state index contributed by atoms with van der Waals surface area (Å²) in [7, 11) is 0. The molecular weight excluding hydrogens is 466 g/mol. The Bertz CT molecular complexity index is 1250. The van der Waals surface area contributed by atoms with Crippen LogP contribution in [0.3, 0.4) is 0 Å². The molecule has 0 saturated carbocycles. The van der Waals surface area contributed by atoms with Crippen LogP contribution in [-0.4, -0.2) is 22.1 Å². The van der Waals surface area contributed by atoms with Crippen molar-refractivity contribution in [2.45, 2.75) is 33.4 Å². The molecule has 32 heavy (non-hydrogen) atoms. The minimum absolute atomic E-state index is 0.122. The fourth-order valence-electron chi connectivity index (χ4n) is 3.62.